The van der Waals surface area contributed by atoms with Gasteiger partial charge in [-0.2, -0.15) is 0 Å². The topological polar surface area (TPSA) is 63.2 Å². The minimum atomic E-state index is -0.191. The molecule has 0 saturated heterocycles. The van der Waals surface area contributed by atoms with Crippen LogP contribution in [0.15, 0.2) is 5.38 Å². The van der Waals surface area contributed by atoms with E-state index in [0.717, 1.165) is 10.7 Å². The molecular weight excluding hydrogens is 274 g/mol. The van der Waals surface area contributed by atoms with E-state index in [1.165, 1.54) is 0 Å². The van der Waals surface area contributed by atoms with E-state index in [-0.39, 0.29) is 18.1 Å². The molecule has 0 aliphatic carbocycles. The summed E-state index contributed by atoms with van der Waals surface area (Å²) >= 11 is 1.58. The summed E-state index contributed by atoms with van der Waals surface area (Å²) in [6.07, 6.45) is 0. The number of aryl methyl sites for hydroxylation is 1. The van der Waals surface area contributed by atoms with E-state index in [1.54, 1.807) is 11.3 Å². The van der Waals surface area contributed by atoms with Gasteiger partial charge in [0.1, 0.15) is 0 Å². The fourth-order valence-electron chi connectivity index (χ4n) is 1.64. The average Bonchev–Trinajstić information content (AvgIpc) is 2.75. The highest BCUT2D eigenvalue weighted by Crippen LogP contribution is 2.15. The number of ether oxygens (including phenoxy) is 1. The standard InChI is InChI=1S/C14H25N3O2S/c1-9(2)6-19-7-10(3)15-14(18)16-11(4)13-8-20-12(5)17-13/h8-11H,6-7H2,1-5H3,(H2,15,16,18). The third kappa shape index (κ3) is 6.34. The maximum atomic E-state index is 11.8. The molecule has 5 nitrogen and oxygen atoms in total. The van der Waals surface area contributed by atoms with Crippen LogP contribution in [0.25, 0.3) is 0 Å². The summed E-state index contributed by atoms with van der Waals surface area (Å²) < 4.78 is 5.50. The normalized spacial score (nSPS) is 14.1. The molecule has 0 aromatic carbocycles. The van der Waals surface area contributed by atoms with Crippen molar-refractivity contribution in [3.8, 4) is 0 Å². The highest BCUT2D eigenvalue weighted by atomic mass is 32.1. The van der Waals surface area contributed by atoms with Crippen molar-refractivity contribution in [2.24, 2.45) is 5.92 Å². The van der Waals surface area contributed by atoms with E-state index in [0.29, 0.717) is 19.1 Å². The van der Waals surface area contributed by atoms with Crippen molar-refractivity contribution in [3.63, 3.8) is 0 Å². The number of hydrogen-bond donors (Lipinski definition) is 2. The number of hydrogen-bond acceptors (Lipinski definition) is 4. The van der Waals surface area contributed by atoms with Crippen LogP contribution in [0, 0.1) is 12.8 Å². The van der Waals surface area contributed by atoms with E-state index < -0.39 is 0 Å². The Labute approximate surface area is 125 Å². The lowest BCUT2D eigenvalue weighted by Gasteiger charge is -2.18. The van der Waals surface area contributed by atoms with Crippen molar-refractivity contribution in [1.82, 2.24) is 15.6 Å². The van der Waals surface area contributed by atoms with Gasteiger partial charge in [0.15, 0.2) is 0 Å². The molecule has 0 saturated carbocycles. The maximum Gasteiger partial charge on any atom is 0.315 e. The van der Waals surface area contributed by atoms with Crippen LogP contribution in [-0.4, -0.2) is 30.3 Å². The molecular formula is C14H25N3O2S. The highest BCUT2D eigenvalue weighted by Gasteiger charge is 2.13. The molecule has 2 N–H and O–H groups in total. The molecule has 0 radical (unpaired) electrons. The Balaban J connectivity index is 2.28. The number of aromatic nitrogens is 1. The molecule has 2 unspecified atom stereocenters. The largest absolute Gasteiger partial charge is 0.379 e. The van der Waals surface area contributed by atoms with Crippen LogP contribution < -0.4 is 10.6 Å². The van der Waals surface area contributed by atoms with Crippen LogP contribution in [0.4, 0.5) is 4.79 Å². The third-order valence-corrected chi connectivity index (χ3v) is 3.42. The number of amides is 2. The lowest BCUT2D eigenvalue weighted by molar-refractivity contribution is 0.0953. The zero-order chi connectivity index (χ0) is 15.1. The van der Waals surface area contributed by atoms with Crippen molar-refractivity contribution >= 4 is 17.4 Å². The molecule has 0 aliphatic heterocycles. The van der Waals surface area contributed by atoms with Gasteiger partial charge in [-0.25, -0.2) is 9.78 Å². The molecule has 2 atom stereocenters. The molecule has 0 aliphatic rings. The van der Waals surface area contributed by atoms with Crippen molar-refractivity contribution in [1.29, 1.82) is 0 Å². The van der Waals surface area contributed by atoms with Gasteiger partial charge in [-0.05, 0) is 26.7 Å². The number of rotatable bonds is 7. The van der Waals surface area contributed by atoms with Crippen LogP contribution in [0.3, 0.4) is 0 Å². The monoisotopic (exact) mass is 299 g/mol. The van der Waals surface area contributed by atoms with E-state index >= 15 is 0 Å². The minimum absolute atomic E-state index is 0.0156. The van der Waals surface area contributed by atoms with E-state index in [9.17, 15) is 4.79 Å². The number of thiazole rings is 1. The lowest BCUT2D eigenvalue weighted by Crippen LogP contribution is -2.43. The summed E-state index contributed by atoms with van der Waals surface area (Å²) in [5, 5.41) is 8.71. The molecule has 1 heterocycles. The predicted molar refractivity (Wildman–Crippen MR) is 82.1 cm³/mol. The molecule has 1 aromatic heterocycles. The van der Waals surface area contributed by atoms with Gasteiger partial charge >= 0.3 is 6.03 Å². The Morgan fingerprint density at radius 2 is 2.00 bits per heavy atom. The molecule has 0 fully saturated rings. The Kier molecular flexibility index (Phi) is 6.95. The first-order chi connectivity index (χ1) is 9.38. The molecule has 0 spiro atoms. The average molecular weight is 299 g/mol. The van der Waals surface area contributed by atoms with E-state index in [2.05, 4.69) is 29.5 Å². The third-order valence-electron chi connectivity index (χ3n) is 2.62. The van der Waals surface area contributed by atoms with Crippen LogP contribution >= 0.6 is 11.3 Å². The predicted octanol–water partition coefficient (Wildman–Crippen LogP) is 2.87. The number of urea groups is 1. The van der Waals surface area contributed by atoms with Crippen molar-refractivity contribution in [2.75, 3.05) is 13.2 Å². The smallest absolute Gasteiger partial charge is 0.315 e. The molecule has 6 heteroatoms. The van der Waals surface area contributed by atoms with Gasteiger partial charge < -0.3 is 15.4 Å². The highest BCUT2D eigenvalue weighted by molar-refractivity contribution is 7.09. The van der Waals surface area contributed by atoms with Crippen LogP contribution in [0.2, 0.25) is 0 Å². The second-order valence-electron chi connectivity index (χ2n) is 5.46. The van der Waals surface area contributed by atoms with Gasteiger partial charge in [0, 0.05) is 12.0 Å². The summed E-state index contributed by atoms with van der Waals surface area (Å²) in [5.74, 6) is 0.504. The van der Waals surface area contributed by atoms with Crippen LogP contribution in [-0.2, 0) is 4.74 Å². The van der Waals surface area contributed by atoms with Crippen molar-refractivity contribution in [2.45, 2.75) is 46.7 Å². The van der Waals surface area contributed by atoms with Crippen molar-refractivity contribution < 1.29 is 9.53 Å². The van der Waals surface area contributed by atoms with Gasteiger partial charge in [0.2, 0.25) is 0 Å². The zero-order valence-corrected chi connectivity index (χ0v) is 13.7. The molecule has 1 rings (SSSR count). The molecule has 20 heavy (non-hydrogen) atoms. The van der Waals surface area contributed by atoms with Gasteiger partial charge in [-0.15, -0.1) is 11.3 Å². The summed E-state index contributed by atoms with van der Waals surface area (Å²) in [6, 6.07) is -0.300. The van der Waals surface area contributed by atoms with Crippen LogP contribution in [0.5, 0.6) is 0 Å². The SMILES string of the molecule is Cc1nc(C(C)NC(=O)NC(C)COCC(C)C)cs1. The van der Waals surface area contributed by atoms with Gasteiger partial charge in [0.25, 0.3) is 0 Å². The minimum Gasteiger partial charge on any atom is -0.379 e. The summed E-state index contributed by atoms with van der Waals surface area (Å²) in [5.41, 5.74) is 0.895. The maximum absolute atomic E-state index is 11.8. The first kappa shape index (κ1) is 16.9. The summed E-state index contributed by atoms with van der Waals surface area (Å²) in [7, 11) is 0. The Morgan fingerprint density at radius 1 is 1.30 bits per heavy atom. The van der Waals surface area contributed by atoms with Gasteiger partial charge in [-0.1, -0.05) is 13.8 Å². The zero-order valence-electron chi connectivity index (χ0n) is 12.9. The molecule has 2 amide bonds. The molecule has 1 aromatic rings. The first-order valence-corrected chi connectivity index (χ1v) is 7.83. The van der Waals surface area contributed by atoms with Gasteiger partial charge in [0.05, 0.1) is 29.4 Å². The lowest BCUT2D eigenvalue weighted by atomic mass is 10.2. The number of carbonyl (C=O) groups excluding carboxylic acids is 1. The quantitative estimate of drug-likeness (QED) is 0.813. The first-order valence-electron chi connectivity index (χ1n) is 6.95. The molecule has 0 bridgehead atoms. The Morgan fingerprint density at radius 3 is 2.55 bits per heavy atom. The Bertz CT molecular complexity index is 420. The van der Waals surface area contributed by atoms with Crippen molar-refractivity contribution in [3.05, 3.63) is 16.1 Å². The molecule has 114 valence electrons. The fourth-order valence-corrected chi connectivity index (χ4v) is 2.34. The Hall–Kier alpha value is -1.14. The summed E-state index contributed by atoms with van der Waals surface area (Å²) in [4.78, 5) is 16.2. The van der Waals surface area contributed by atoms with E-state index in [4.69, 9.17) is 4.74 Å². The van der Waals surface area contributed by atoms with Crippen LogP contribution in [0.1, 0.15) is 44.4 Å². The number of carbonyl (C=O) groups is 1. The second kappa shape index (κ2) is 8.21. The fraction of sp³-hybridized carbons (Fsp3) is 0.714. The number of nitrogens with one attached hydrogen (secondary N) is 2. The number of nitrogens with zero attached hydrogens (tertiary/aromatic N) is 1. The second-order valence-corrected chi connectivity index (χ2v) is 6.53. The van der Waals surface area contributed by atoms with E-state index in [1.807, 2.05) is 26.2 Å². The van der Waals surface area contributed by atoms with Gasteiger partial charge in [-0.3, -0.25) is 0 Å². The summed E-state index contributed by atoms with van der Waals surface area (Å²) in [6.45, 7) is 11.2.